The number of epoxide rings is 1. The van der Waals surface area contributed by atoms with Crippen LogP contribution in [0, 0.1) is 0 Å². The Bertz CT molecular complexity index is 725. The number of nitrogens with one attached hydrogen (secondary N) is 2. The fourth-order valence-electron chi connectivity index (χ4n) is 2.83. The number of Topliss-reactive ketones (excluding diaryl/α,β-unsaturated/α-hetero) is 1. The molecule has 4 nitrogen and oxygen atoms in total. The van der Waals surface area contributed by atoms with Gasteiger partial charge in [-0.25, -0.2) is 5.43 Å². The number of hydrogen-bond donors (Lipinski definition) is 2. The van der Waals surface area contributed by atoms with E-state index in [9.17, 15) is 4.79 Å². The number of rotatable bonds is 4. The number of hydrazine groups is 1. The third kappa shape index (κ3) is 2.32. The Morgan fingerprint density at radius 1 is 1.00 bits per heavy atom. The van der Waals surface area contributed by atoms with Gasteiger partial charge in [-0.3, -0.25) is 4.79 Å². The van der Waals surface area contributed by atoms with Crippen molar-refractivity contribution in [1.29, 1.82) is 0 Å². The molecule has 0 aliphatic carbocycles. The fraction of sp³-hybridized carbons (Fsp3) is 0.167. The maximum absolute atomic E-state index is 12.7. The molecule has 0 unspecified atom stereocenters. The highest BCUT2D eigenvalue weighted by molar-refractivity contribution is 6.07. The molecule has 0 bridgehead atoms. The third-order valence-corrected chi connectivity index (χ3v) is 4.03. The maximum Gasteiger partial charge on any atom is 0.212 e. The second-order valence-electron chi connectivity index (χ2n) is 5.45. The number of ether oxygens (including phenoxy) is 1. The van der Waals surface area contributed by atoms with Gasteiger partial charge >= 0.3 is 0 Å². The molecule has 2 aliphatic heterocycles. The smallest absolute Gasteiger partial charge is 0.212 e. The molecule has 0 saturated carbocycles. The Balaban J connectivity index is 1.58. The molecule has 4 heteroatoms. The summed E-state index contributed by atoms with van der Waals surface area (Å²) in [4.78, 5) is 12.7. The van der Waals surface area contributed by atoms with E-state index in [2.05, 4.69) is 10.9 Å². The first kappa shape index (κ1) is 13.2. The van der Waals surface area contributed by atoms with E-state index in [0.717, 1.165) is 16.7 Å². The minimum absolute atomic E-state index is 0.0118. The van der Waals surface area contributed by atoms with E-state index in [1.54, 1.807) is 0 Å². The van der Waals surface area contributed by atoms with Gasteiger partial charge < -0.3 is 10.2 Å². The summed E-state index contributed by atoms with van der Waals surface area (Å²) >= 11 is 0. The Labute approximate surface area is 128 Å². The van der Waals surface area contributed by atoms with E-state index < -0.39 is 0 Å². The molecule has 0 amide bonds. The van der Waals surface area contributed by atoms with E-state index in [0.29, 0.717) is 12.2 Å². The molecular formula is C18H16N2O2. The second kappa shape index (κ2) is 5.40. The first-order chi connectivity index (χ1) is 10.8. The first-order valence-corrected chi connectivity index (χ1v) is 7.36. The monoisotopic (exact) mass is 292 g/mol. The van der Waals surface area contributed by atoms with Crippen molar-refractivity contribution in [3.05, 3.63) is 77.5 Å². The van der Waals surface area contributed by atoms with Crippen LogP contribution in [0.1, 0.15) is 17.2 Å². The van der Waals surface area contributed by atoms with Gasteiger partial charge in [-0.1, -0.05) is 60.7 Å². The maximum atomic E-state index is 12.7. The number of carbonyl (C=O) groups excluding carboxylic acids is 1. The molecule has 0 radical (unpaired) electrons. The number of hydrogen-bond acceptors (Lipinski definition) is 4. The van der Waals surface area contributed by atoms with E-state index in [1.807, 2.05) is 60.7 Å². The number of ketones is 1. The van der Waals surface area contributed by atoms with Gasteiger partial charge in [0.1, 0.15) is 11.8 Å². The zero-order chi connectivity index (χ0) is 14.9. The van der Waals surface area contributed by atoms with Crippen molar-refractivity contribution in [2.75, 3.05) is 6.54 Å². The standard InChI is InChI=1S/C18H16N2O2/c21-16(18-17(22-18)13-9-5-2-6-10-13)15-14(11-19-20-15)12-7-3-1-4-8-12/h1-10,17-20H,11H2/t17-,18+/m0/s1. The normalized spacial score (nSPS) is 23.3. The Kier molecular flexibility index (Phi) is 3.25. The van der Waals surface area contributed by atoms with Gasteiger partial charge in [0.15, 0.2) is 6.10 Å². The fourth-order valence-corrected chi connectivity index (χ4v) is 2.83. The van der Waals surface area contributed by atoms with E-state index in [1.165, 1.54) is 0 Å². The average molecular weight is 292 g/mol. The Morgan fingerprint density at radius 2 is 1.68 bits per heavy atom. The molecule has 2 aromatic carbocycles. The van der Waals surface area contributed by atoms with Gasteiger partial charge in [-0.2, -0.15) is 0 Å². The molecule has 2 atom stereocenters. The zero-order valence-electron chi connectivity index (χ0n) is 12.0. The molecule has 0 aromatic heterocycles. The van der Waals surface area contributed by atoms with Gasteiger partial charge in [0.05, 0.1) is 0 Å². The van der Waals surface area contributed by atoms with Crippen LogP contribution in [0.4, 0.5) is 0 Å². The molecule has 2 N–H and O–H groups in total. The van der Waals surface area contributed by atoms with Crippen LogP contribution in [0.15, 0.2) is 66.4 Å². The van der Waals surface area contributed by atoms with Crippen LogP contribution in [0.2, 0.25) is 0 Å². The minimum Gasteiger partial charge on any atom is -0.356 e. The summed E-state index contributed by atoms with van der Waals surface area (Å²) in [6.45, 7) is 0.633. The minimum atomic E-state index is -0.386. The van der Waals surface area contributed by atoms with Crippen LogP contribution in [0.5, 0.6) is 0 Å². The van der Waals surface area contributed by atoms with Crippen LogP contribution in [0.25, 0.3) is 5.57 Å². The summed E-state index contributed by atoms with van der Waals surface area (Å²) in [5, 5.41) is 0. The van der Waals surface area contributed by atoms with Gasteiger partial charge in [0, 0.05) is 12.1 Å². The topological polar surface area (TPSA) is 53.7 Å². The predicted molar refractivity (Wildman–Crippen MR) is 83.6 cm³/mol. The van der Waals surface area contributed by atoms with Crippen molar-refractivity contribution in [1.82, 2.24) is 10.9 Å². The molecular weight excluding hydrogens is 276 g/mol. The summed E-state index contributed by atoms with van der Waals surface area (Å²) in [6.07, 6.45) is -0.510. The molecule has 2 aromatic rings. The molecule has 0 spiro atoms. The summed E-state index contributed by atoms with van der Waals surface area (Å²) in [6, 6.07) is 19.8. The Morgan fingerprint density at radius 3 is 2.41 bits per heavy atom. The SMILES string of the molecule is O=C(C1=C(c2ccccc2)CNN1)[C@H]1O[C@H]1c1ccccc1. The summed E-state index contributed by atoms with van der Waals surface area (Å²) in [5.41, 5.74) is 9.76. The van der Waals surface area contributed by atoms with E-state index in [4.69, 9.17) is 4.74 Å². The van der Waals surface area contributed by atoms with Crippen LogP contribution in [-0.2, 0) is 9.53 Å². The van der Waals surface area contributed by atoms with Crippen LogP contribution in [0.3, 0.4) is 0 Å². The molecule has 2 aliphatic rings. The number of benzene rings is 2. The van der Waals surface area contributed by atoms with Crippen molar-refractivity contribution in [2.24, 2.45) is 0 Å². The summed E-state index contributed by atoms with van der Waals surface area (Å²) < 4.78 is 5.61. The van der Waals surface area contributed by atoms with Crippen LogP contribution < -0.4 is 10.9 Å². The molecule has 4 rings (SSSR count). The summed E-state index contributed by atoms with van der Waals surface area (Å²) in [7, 11) is 0. The first-order valence-electron chi connectivity index (χ1n) is 7.36. The largest absolute Gasteiger partial charge is 0.356 e. The van der Waals surface area contributed by atoms with E-state index in [-0.39, 0.29) is 18.0 Å². The lowest BCUT2D eigenvalue weighted by atomic mass is 10.00. The zero-order valence-corrected chi connectivity index (χ0v) is 12.0. The van der Waals surface area contributed by atoms with Crippen molar-refractivity contribution in [3.8, 4) is 0 Å². The summed E-state index contributed by atoms with van der Waals surface area (Å²) in [5.74, 6) is 0.0118. The van der Waals surface area contributed by atoms with Crippen molar-refractivity contribution >= 4 is 11.4 Å². The molecule has 1 fully saturated rings. The van der Waals surface area contributed by atoms with Gasteiger partial charge in [0.2, 0.25) is 5.78 Å². The lowest BCUT2D eigenvalue weighted by molar-refractivity contribution is -0.117. The lowest BCUT2D eigenvalue weighted by Gasteiger charge is -2.04. The Hall–Kier alpha value is -2.43. The highest BCUT2D eigenvalue weighted by atomic mass is 16.6. The van der Waals surface area contributed by atoms with Crippen LogP contribution in [-0.4, -0.2) is 18.4 Å². The van der Waals surface area contributed by atoms with Gasteiger partial charge in [0.25, 0.3) is 0 Å². The quantitative estimate of drug-likeness (QED) is 0.848. The van der Waals surface area contributed by atoms with Gasteiger partial charge in [-0.05, 0) is 11.1 Å². The van der Waals surface area contributed by atoms with Crippen LogP contribution >= 0.6 is 0 Å². The van der Waals surface area contributed by atoms with Crippen molar-refractivity contribution in [3.63, 3.8) is 0 Å². The average Bonchev–Trinajstić information content (AvgIpc) is 3.24. The highest BCUT2D eigenvalue weighted by Gasteiger charge is 2.47. The number of carbonyl (C=O) groups is 1. The third-order valence-electron chi connectivity index (χ3n) is 4.03. The van der Waals surface area contributed by atoms with E-state index >= 15 is 0 Å². The van der Waals surface area contributed by atoms with Crippen molar-refractivity contribution < 1.29 is 9.53 Å². The van der Waals surface area contributed by atoms with Gasteiger partial charge in [-0.15, -0.1) is 0 Å². The molecule has 1 saturated heterocycles. The van der Waals surface area contributed by atoms with Crippen molar-refractivity contribution in [2.45, 2.75) is 12.2 Å². The molecule has 2 heterocycles. The molecule has 22 heavy (non-hydrogen) atoms. The lowest BCUT2D eigenvalue weighted by Crippen LogP contribution is -2.29. The predicted octanol–water partition coefficient (Wildman–Crippen LogP) is 2.21. The highest BCUT2D eigenvalue weighted by Crippen LogP contribution is 2.41. The molecule has 110 valence electrons. The second-order valence-corrected chi connectivity index (χ2v) is 5.45.